The van der Waals surface area contributed by atoms with Crippen LogP contribution in [0.3, 0.4) is 0 Å². The summed E-state index contributed by atoms with van der Waals surface area (Å²) in [5.41, 5.74) is 0.125. The van der Waals surface area contributed by atoms with Gasteiger partial charge < -0.3 is 15.4 Å². The molecule has 0 radical (unpaired) electrons. The standard InChI is InChI=1S/C16H14ClN3O5/c1-2-25-12-6-3-10(4-7-12)18-15(21)16(22)19-11-5-8-13(17)14(9-11)20(23)24/h3-9H,2H2,1H3,(H,18,21)(H,19,22). The van der Waals surface area contributed by atoms with E-state index in [1.807, 2.05) is 6.92 Å². The number of anilines is 2. The first-order valence-electron chi connectivity index (χ1n) is 7.20. The van der Waals surface area contributed by atoms with Crippen LogP contribution in [0.4, 0.5) is 17.1 Å². The molecule has 2 rings (SSSR count). The number of rotatable bonds is 5. The van der Waals surface area contributed by atoms with Gasteiger partial charge in [0.1, 0.15) is 10.8 Å². The molecule has 0 saturated carbocycles. The lowest BCUT2D eigenvalue weighted by molar-refractivity contribution is -0.384. The molecular formula is C16H14ClN3O5. The van der Waals surface area contributed by atoms with Gasteiger partial charge in [-0.3, -0.25) is 19.7 Å². The highest BCUT2D eigenvalue weighted by Gasteiger charge is 2.17. The molecule has 0 saturated heterocycles. The van der Waals surface area contributed by atoms with E-state index in [2.05, 4.69) is 10.6 Å². The first kappa shape index (κ1) is 18.2. The summed E-state index contributed by atoms with van der Waals surface area (Å²) in [5.74, 6) is -1.24. The van der Waals surface area contributed by atoms with Crippen LogP contribution in [-0.2, 0) is 9.59 Å². The minimum atomic E-state index is -0.967. The summed E-state index contributed by atoms with van der Waals surface area (Å²) in [6.45, 7) is 2.36. The van der Waals surface area contributed by atoms with Crippen molar-refractivity contribution in [2.24, 2.45) is 0 Å². The Bertz CT molecular complexity index is 808. The van der Waals surface area contributed by atoms with Gasteiger partial charge in [-0.2, -0.15) is 0 Å². The second kappa shape index (κ2) is 8.11. The van der Waals surface area contributed by atoms with Gasteiger partial charge in [-0.15, -0.1) is 0 Å². The summed E-state index contributed by atoms with van der Waals surface area (Å²) in [6, 6.07) is 10.2. The molecule has 9 heteroatoms. The van der Waals surface area contributed by atoms with E-state index >= 15 is 0 Å². The maximum absolute atomic E-state index is 11.9. The van der Waals surface area contributed by atoms with Gasteiger partial charge in [0.15, 0.2) is 0 Å². The SMILES string of the molecule is CCOc1ccc(NC(=O)C(=O)Nc2ccc(Cl)c([N+](=O)[O-])c2)cc1. The second-order valence-electron chi connectivity index (χ2n) is 4.79. The number of nitrogens with one attached hydrogen (secondary N) is 2. The van der Waals surface area contributed by atoms with Crippen LogP contribution in [0.25, 0.3) is 0 Å². The van der Waals surface area contributed by atoms with Gasteiger partial charge in [0.05, 0.1) is 11.5 Å². The highest BCUT2D eigenvalue weighted by molar-refractivity contribution is 6.43. The lowest BCUT2D eigenvalue weighted by atomic mass is 10.2. The Hall–Kier alpha value is -3.13. The number of nitro benzene ring substituents is 1. The molecule has 0 spiro atoms. The third-order valence-corrected chi connectivity index (χ3v) is 3.35. The van der Waals surface area contributed by atoms with Gasteiger partial charge in [-0.25, -0.2) is 0 Å². The fraction of sp³-hybridized carbons (Fsp3) is 0.125. The molecule has 130 valence electrons. The van der Waals surface area contributed by atoms with Crippen LogP contribution in [0, 0.1) is 10.1 Å². The van der Waals surface area contributed by atoms with E-state index in [4.69, 9.17) is 16.3 Å². The summed E-state index contributed by atoms with van der Waals surface area (Å²) in [6.07, 6.45) is 0. The molecule has 0 heterocycles. The average molecular weight is 364 g/mol. The molecule has 0 atom stereocenters. The van der Waals surface area contributed by atoms with E-state index in [0.717, 1.165) is 6.07 Å². The van der Waals surface area contributed by atoms with E-state index in [1.165, 1.54) is 12.1 Å². The van der Waals surface area contributed by atoms with E-state index in [0.29, 0.717) is 18.0 Å². The molecular weight excluding hydrogens is 350 g/mol. The van der Waals surface area contributed by atoms with Crippen molar-refractivity contribution in [2.75, 3.05) is 17.2 Å². The van der Waals surface area contributed by atoms with Crippen LogP contribution < -0.4 is 15.4 Å². The lowest BCUT2D eigenvalue weighted by Crippen LogP contribution is -2.29. The first-order valence-corrected chi connectivity index (χ1v) is 7.57. The molecule has 0 bridgehead atoms. The minimum Gasteiger partial charge on any atom is -0.494 e. The Morgan fingerprint density at radius 2 is 1.64 bits per heavy atom. The fourth-order valence-electron chi connectivity index (χ4n) is 1.91. The van der Waals surface area contributed by atoms with Crippen molar-refractivity contribution in [3.8, 4) is 5.75 Å². The third kappa shape index (κ3) is 4.92. The van der Waals surface area contributed by atoms with Crippen molar-refractivity contribution in [2.45, 2.75) is 6.92 Å². The quantitative estimate of drug-likeness (QED) is 0.481. The first-order chi connectivity index (χ1) is 11.9. The summed E-state index contributed by atoms with van der Waals surface area (Å²) in [4.78, 5) is 33.9. The maximum Gasteiger partial charge on any atom is 0.314 e. The Balaban J connectivity index is 2.01. The number of nitrogens with zero attached hydrogens (tertiary/aromatic N) is 1. The van der Waals surface area contributed by atoms with Gasteiger partial charge >= 0.3 is 11.8 Å². The molecule has 0 aromatic heterocycles. The molecule has 0 aliphatic carbocycles. The molecule has 2 aromatic carbocycles. The van der Waals surface area contributed by atoms with Crippen LogP contribution in [0.2, 0.25) is 5.02 Å². The number of ether oxygens (including phenoxy) is 1. The normalized spacial score (nSPS) is 10.0. The minimum absolute atomic E-state index is 0.0677. The number of amides is 2. The van der Waals surface area contributed by atoms with E-state index in [-0.39, 0.29) is 16.4 Å². The Kier molecular flexibility index (Phi) is 5.91. The van der Waals surface area contributed by atoms with Crippen LogP contribution in [0.5, 0.6) is 5.75 Å². The van der Waals surface area contributed by atoms with Crippen molar-refractivity contribution in [3.63, 3.8) is 0 Å². The van der Waals surface area contributed by atoms with Crippen LogP contribution in [0.1, 0.15) is 6.92 Å². The zero-order valence-electron chi connectivity index (χ0n) is 13.1. The maximum atomic E-state index is 11.9. The van der Waals surface area contributed by atoms with Gasteiger partial charge in [0, 0.05) is 17.4 Å². The van der Waals surface area contributed by atoms with Gasteiger partial charge in [-0.05, 0) is 43.3 Å². The monoisotopic (exact) mass is 363 g/mol. The van der Waals surface area contributed by atoms with Crippen molar-refractivity contribution < 1.29 is 19.2 Å². The zero-order valence-corrected chi connectivity index (χ0v) is 13.9. The summed E-state index contributed by atoms with van der Waals surface area (Å²) < 4.78 is 5.27. The van der Waals surface area contributed by atoms with Crippen molar-refractivity contribution in [3.05, 3.63) is 57.6 Å². The Morgan fingerprint density at radius 3 is 2.20 bits per heavy atom. The van der Waals surface area contributed by atoms with Crippen molar-refractivity contribution in [1.82, 2.24) is 0 Å². The second-order valence-corrected chi connectivity index (χ2v) is 5.20. The number of carbonyl (C=O) groups excluding carboxylic acids is 2. The Labute approximate surface area is 147 Å². The topological polar surface area (TPSA) is 111 Å². The highest BCUT2D eigenvalue weighted by Crippen LogP contribution is 2.27. The number of benzene rings is 2. The van der Waals surface area contributed by atoms with Crippen LogP contribution >= 0.6 is 11.6 Å². The van der Waals surface area contributed by atoms with Crippen LogP contribution in [-0.4, -0.2) is 23.3 Å². The number of nitro groups is 1. The molecule has 0 unspecified atom stereocenters. The van der Waals surface area contributed by atoms with E-state index in [1.54, 1.807) is 24.3 Å². The average Bonchev–Trinajstić information content (AvgIpc) is 2.58. The molecule has 2 N–H and O–H groups in total. The molecule has 0 aliphatic rings. The number of halogens is 1. The molecule has 2 amide bonds. The molecule has 8 nitrogen and oxygen atoms in total. The van der Waals surface area contributed by atoms with Gasteiger partial charge in [0.25, 0.3) is 5.69 Å². The number of carbonyl (C=O) groups is 2. The van der Waals surface area contributed by atoms with E-state index in [9.17, 15) is 19.7 Å². The van der Waals surface area contributed by atoms with Gasteiger partial charge in [0.2, 0.25) is 0 Å². The highest BCUT2D eigenvalue weighted by atomic mass is 35.5. The Morgan fingerprint density at radius 1 is 1.08 bits per heavy atom. The molecule has 0 aliphatic heterocycles. The molecule has 25 heavy (non-hydrogen) atoms. The summed E-state index contributed by atoms with van der Waals surface area (Å²) in [5, 5.41) is 15.5. The summed E-state index contributed by atoms with van der Waals surface area (Å²) >= 11 is 5.69. The molecule has 2 aromatic rings. The van der Waals surface area contributed by atoms with Crippen molar-refractivity contribution >= 4 is 40.5 Å². The largest absolute Gasteiger partial charge is 0.494 e. The number of hydrogen-bond acceptors (Lipinski definition) is 5. The van der Waals surface area contributed by atoms with Crippen molar-refractivity contribution in [1.29, 1.82) is 0 Å². The van der Waals surface area contributed by atoms with Crippen LogP contribution in [0.15, 0.2) is 42.5 Å². The zero-order chi connectivity index (χ0) is 18.4. The van der Waals surface area contributed by atoms with Gasteiger partial charge in [-0.1, -0.05) is 11.6 Å². The number of hydrogen-bond donors (Lipinski definition) is 2. The lowest BCUT2D eigenvalue weighted by Gasteiger charge is -2.08. The van der Waals surface area contributed by atoms with E-state index < -0.39 is 16.7 Å². The predicted molar refractivity (Wildman–Crippen MR) is 93.0 cm³/mol. The predicted octanol–water partition coefficient (Wildman–Crippen LogP) is 3.22. The smallest absolute Gasteiger partial charge is 0.314 e. The summed E-state index contributed by atoms with van der Waals surface area (Å²) in [7, 11) is 0. The third-order valence-electron chi connectivity index (χ3n) is 3.03. The fourth-order valence-corrected chi connectivity index (χ4v) is 2.09. The molecule has 0 fully saturated rings.